The van der Waals surface area contributed by atoms with Gasteiger partial charge in [-0.3, -0.25) is 14.4 Å². The normalized spacial score (nSPS) is 14.0. The van der Waals surface area contributed by atoms with E-state index in [1.54, 1.807) is 17.0 Å². The van der Waals surface area contributed by atoms with Gasteiger partial charge in [-0.25, -0.2) is 13.1 Å². The highest BCUT2D eigenvalue weighted by atomic mass is 32.2. The fraction of sp³-hybridized carbons (Fsp3) is 0.471. The van der Waals surface area contributed by atoms with Crippen LogP contribution in [0.1, 0.15) is 18.4 Å². The number of hydrogen-bond donors (Lipinski definition) is 2. The van der Waals surface area contributed by atoms with E-state index in [0.717, 1.165) is 18.4 Å². The summed E-state index contributed by atoms with van der Waals surface area (Å²) in [5.41, 5.74) is 0.911. The van der Waals surface area contributed by atoms with Crippen LogP contribution in [0, 0.1) is 6.92 Å². The van der Waals surface area contributed by atoms with Gasteiger partial charge in [0.05, 0.1) is 11.4 Å². The number of nitrogens with one attached hydrogen (secondary N) is 2. The van der Waals surface area contributed by atoms with Gasteiger partial charge in [0.15, 0.2) is 6.61 Å². The molecule has 0 unspecified atom stereocenters. The highest BCUT2D eigenvalue weighted by Crippen LogP contribution is 2.09. The molecule has 0 aliphatic carbocycles. The molecule has 0 atom stereocenters. The molecule has 1 aliphatic rings. The Labute approximate surface area is 158 Å². The summed E-state index contributed by atoms with van der Waals surface area (Å²) in [6, 6.07) is 6.16. The highest BCUT2D eigenvalue weighted by Gasteiger charge is 2.19. The summed E-state index contributed by atoms with van der Waals surface area (Å²) in [4.78, 5) is 36.7. The minimum absolute atomic E-state index is 0.0423. The van der Waals surface area contributed by atoms with Gasteiger partial charge in [-0.2, -0.15) is 0 Å². The maximum absolute atomic E-state index is 12.1. The molecule has 0 spiro atoms. The Kier molecular flexibility index (Phi) is 7.31. The number of aryl methyl sites for hydroxylation is 1. The Balaban J connectivity index is 1.68. The molecular weight excluding hydrogens is 374 g/mol. The van der Waals surface area contributed by atoms with E-state index in [4.69, 9.17) is 4.74 Å². The van der Waals surface area contributed by atoms with Crippen molar-refractivity contribution in [3.63, 3.8) is 0 Å². The van der Waals surface area contributed by atoms with Gasteiger partial charge >= 0.3 is 5.97 Å². The Bertz CT molecular complexity index is 785. The quantitative estimate of drug-likeness (QED) is 0.573. The number of hydrogen-bond acceptors (Lipinski definition) is 6. The lowest BCUT2D eigenvalue weighted by Gasteiger charge is -2.15. The minimum atomic E-state index is -3.82. The van der Waals surface area contributed by atoms with Crippen LogP contribution in [-0.4, -0.2) is 63.9 Å². The fourth-order valence-electron chi connectivity index (χ4n) is 2.45. The predicted molar refractivity (Wildman–Crippen MR) is 96.2 cm³/mol. The van der Waals surface area contributed by atoms with Crippen molar-refractivity contribution in [2.45, 2.75) is 24.7 Å². The van der Waals surface area contributed by atoms with E-state index in [2.05, 4.69) is 10.0 Å². The van der Waals surface area contributed by atoms with Crippen molar-refractivity contribution in [3.8, 4) is 0 Å². The number of carbonyl (C=O) groups is 3. The summed E-state index contributed by atoms with van der Waals surface area (Å²) in [5, 5.41) is 2.24. The van der Waals surface area contributed by atoms with E-state index in [0.29, 0.717) is 13.1 Å². The van der Waals surface area contributed by atoms with Crippen molar-refractivity contribution >= 4 is 27.8 Å². The Morgan fingerprint density at radius 2 is 1.70 bits per heavy atom. The number of likely N-dealkylation sites (tertiary alicyclic amines) is 1. The summed E-state index contributed by atoms with van der Waals surface area (Å²) in [7, 11) is -3.82. The van der Waals surface area contributed by atoms with Crippen LogP contribution in [-0.2, 0) is 29.1 Å². The smallest absolute Gasteiger partial charge is 0.325 e. The largest absolute Gasteiger partial charge is 0.454 e. The second-order valence-corrected chi connectivity index (χ2v) is 7.93. The predicted octanol–water partition coefficient (Wildman–Crippen LogP) is -0.445. The first kappa shape index (κ1) is 20.8. The molecule has 1 aliphatic heterocycles. The van der Waals surface area contributed by atoms with Gasteiger partial charge in [0.25, 0.3) is 5.91 Å². The number of rotatable bonds is 8. The van der Waals surface area contributed by atoms with Crippen molar-refractivity contribution in [1.29, 1.82) is 0 Å². The van der Waals surface area contributed by atoms with Crippen molar-refractivity contribution in [2.75, 3.05) is 32.8 Å². The monoisotopic (exact) mass is 397 g/mol. The van der Waals surface area contributed by atoms with Crippen molar-refractivity contribution < 1.29 is 27.5 Å². The number of esters is 1. The Morgan fingerprint density at radius 1 is 1.07 bits per heavy atom. The first-order valence-corrected chi connectivity index (χ1v) is 10.0. The van der Waals surface area contributed by atoms with Crippen LogP contribution in [0.5, 0.6) is 0 Å². The molecule has 0 bridgehead atoms. The molecule has 0 saturated carbocycles. The van der Waals surface area contributed by atoms with Crippen LogP contribution in [0.2, 0.25) is 0 Å². The molecule has 1 saturated heterocycles. The third-order valence-corrected chi connectivity index (χ3v) is 5.42. The van der Waals surface area contributed by atoms with Crippen molar-refractivity contribution in [3.05, 3.63) is 29.8 Å². The SMILES string of the molecule is Cc1ccc(S(=O)(=O)NCC(=O)NCC(=O)OCC(=O)N2CCCC2)cc1. The molecular formula is C17H23N3O6S. The fourth-order valence-corrected chi connectivity index (χ4v) is 3.43. The van der Waals surface area contributed by atoms with Gasteiger partial charge in [0, 0.05) is 13.1 Å². The van der Waals surface area contributed by atoms with Crippen LogP contribution >= 0.6 is 0 Å². The summed E-state index contributed by atoms with van der Waals surface area (Å²) < 4.78 is 31.1. The van der Waals surface area contributed by atoms with Gasteiger partial charge in [-0.1, -0.05) is 17.7 Å². The molecule has 148 valence electrons. The second-order valence-electron chi connectivity index (χ2n) is 6.16. The minimum Gasteiger partial charge on any atom is -0.454 e. The van der Waals surface area contributed by atoms with Crippen LogP contribution in [0.3, 0.4) is 0 Å². The van der Waals surface area contributed by atoms with E-state index < -0.39 is 35.0 Å². The van der Waals surface area contributed by atoms with Gasteiger partial charge in [0.1, 0.15) is 6.54 Å². The average Bonchev–Trinajstić information content (AvgIpc) is 3.18. The van der Waals surface area contributed by atoms with Gasteiger partial charge in [-0.15, -0.1) is 0 Å². The van der Waals surface area contributed by atoms with Gasteiger partial charge < -0.3 is 15.0 Å². The molecule has 1 heterocycles. The van der Waals surface area contributed by atoms with Crippen molar-refractivity contribution in [1.82, 2.24) is 14.9 Å². The second kappa shape index (κ2) is 9.47. The maximum atomic E-state index is 12.1. The third-order valence-electron chi connectivity index (χ3n) is 4.00. The highest BCUT2D eigenvalue weighted by molar-refractivity contribution is 7.89. The lowest BCUT2D eigenvalue weighted by molar-refractivity contribution is -0.151. The molecule has 0 aromatic heterocycles. The standard InChI is InChI=1S/C17H23N3O6S/c1-13-4-6-14(7-5-13)27(24,25)19-10-15(21)18-11-17(23)26-12-16(22)20-8-2-3-9-20/h4-7,19H,2-3,8-12H2,1H3,(H,18,21). The summed E-state index contributed by atoms with van der Waals surface area (Å²) in [6.07, 6.45) is 1.88. The van der Waals surface area contributed by atoms with Crippen LogP contribution in [0.15, 0.2) is 29.2 Å². The first-order chi connectivity index (χ1) is 12.8. The summed E-state index contributed by atoms with van der Waals surface area (Å²) in [6.45, 7) is 1.82. The molecule has 2 rings (SSSR count). The van der Waals surface area contributed by atoms with E-state index in [-0.39, 0.29) is 17.4 Å². The molecule has 1 fully saturated rings. The molecule has 2 N–H and O–H groups in total. The van der Waals surface area contributed by atoms with Gasteiger partial charge in [-0.05, 0) is 31.9 Å². The molecule has 10 heteroatoms. The Morgan fingerprint density at radius 3 is 2.33 bits per heavy atom. The number of sulfonamides is 1. The van der Waals surface area contributed by atoms with E-state index in [1.807, 2.05) is 6.92 Å². The molecule has 1 aromatic rings. The molecule has 9 nitrogen and oxygen atoms in total. The van der Waals surface area contributed by atoms with Crippen LogP contribution in [0.4, 0.5) is 0 Å². The van der Waals surface area contributed by atoms with Crippen LogP contribution in [0.25, 0.3) is 0 Å². The van der Waals surface area contributed by atoms with E-state index >= 15 is 0 Å². The number of carbonyl (C=O) groups excluding carboxylic acids is 3. The van der Waals surface area contributed by atoms with Gasteiger partial charge in [0.2, 0.25) is 15.9 Å². The van der Waals surface area contributed by atoms with E-state index in [9.17, 15) is 22.8 Å². The zero-order chi connectivity index (χ0) is 19.9. The number of benzene rings is 1. The lowest BCUT2D eigenvalue weighted by atomic mass is 10.2. The molecule has 0 radical (unpaired) electrons. The summed E-state index contributed by atoms with van der Waals surface area (Å²) >= 11 is 0. The number of ether oxygens (including phenoxy) is 1. The number of nitrogens with zero attached hydrogens (tertiary/aromatic N) is 1. The zero-order valence-corrected chi connectivity index (χ0v) is 15.9. The lowest BCUT2D eigenvalue weighted by Crippen LogP contribution is -2.40. The summed E-state index contributed by atoms with van der Waals surface area (Å²) in [5.74, 6) is -1.72. The average molecular weight is 397 g/mol. The van der Waals surface area contributed by atoms with Crippen molar-refractivity contribution in [2.24, 2.45) is 0 Å². The third kappa shape index (κ3) is 6.65. The van der Waals surface area contributed by atoms with Crippen LogP contribution < -0.4 is 10.0 Å². The zero-order valence-electron chi connectivity index (χ0n) is 15.1. The first-order valence-electron chi connectivity index (χ1n) is 8.54. The number of amides is 2. The molecule has 1 aromatic carbocycles. The molecule has 27 heavy (non-hydrogen) atoms. The topological polar surface area (TPSA) is 122 Å². The Hall–Kier alpha value is -2.46. The molecule has 2 amide bonds. The van der Waals surface area contributed by atoms with E-state index in [1.165, 1.54) is 12.1 Å². The maximum Gasteiger partial charge on any atom is 0.325 e.